The number of aryl methyl sites for hydroxylation is 1. The predicted molar refractivity (Wildman–Crippen MR) is 91.0 cm³/mol. The molecule has 0 amide bonds. The van der Waals surface area contributed by atoms with Crippen molar-refractivity contribution in [3.05, 3.63) is 42.5 Å². The van der Waals surface area contributed by atoms with Crippen LogP contribution in [0.2, 0.25) is 0 Å². The van der Waals surface area contributed by atoms with Crippen LogP contribution in [0, 0.1) is 0 Å². The van der Waals surface area contributed by atoms with E-state index in [1.807, 2.05) is 18.2 Å². The number of anilines is 1. The summed E-state index contributed by atoms with van der Waals surface area (Å²) in [7, 11) is -1.98. The average molecular weight is 332 g/mol. The number of aromatic nitrogens is 3. The van der Waals surface area contributed by atoms with Crippen molar-refractivity contribution in [3.63, 3.8) is 0 Å². The lowest BCUT2D eigenvalue weighted by molar-refractivity contribution is 0.574. The van der Waals surface area contributed by atoms with Gasteiger partial charge < -0.3 is 9.55 Å². The first-order chi connectivity index (χ1) is 10.7. The predicted octanol–water partition coefficient (Wildman–Crippen LogP) is 3.00. The molecule has 0 unspecified atom stereocenters. The van der Waals surface area contributed by atoms with E-state index in [0.717, 1.165) is 16.6 Å². The van der Waals surface area contributed by atoms with Gasteiger partial charge >= 0.3 is 0 Å². The molecule has 0 bridgehead atoms. The molecular formula is C16H20N4O2S. The van der Waals surface area contributed by atoms with Crippen molar-refractivity contribution in [1.29, 1.82) is 0 Å². The van der Waals surface area contributed by atoms with Gasteiger partial charge in [0.2, 0.25) is 0 Å². The van der Waals surface area contributed by atoms with E-state index < -0.39 is 10.0 Å². The van der Waals surface area contributed by atoms with Crippen LogP contribution in [0.15, 0.2) is 41.8 Å². The number of nitrogens with one attached hydrogen (secondary N) is 2. The van der Waals surface area contributed by atoms with E-state index in [9.17, 15) is 8.42 Å². The van der Waals surface area contributed by atoms with E-state index in [-0.39, 0.29) is 10.4 Å². The van der Waals surface area contributed by atoms with Crippen LogP contribution >= 0.6 is 0 Å². The number of rotatable bonds is 3. The Morgan fingerprint density at radius 2 is 2.00 bits per heavy atom. The molecule has 0 aliphatic heterocycles. The fraction of sp³-hybridized carbons (Fsp3) is 0.312. The summed E-state index contributed by atoms with van der Waals surface area (Å²) in [4.78, 5) is 7.26. The van der Waals surface area contributed by atoms with Gasteiger partial charge in [0.25, 0.3) is 10.0 Å². The molecule has 3 aromatic rings. The van der Waals surface area contributed by atoms with Crippen LogP contribution < -0.4 is 4.72 Å². The van der Waals surface area contributed by atoms with Crippen LogP contribution in [0.25, 0.3) is 10.9 Å². The van der Waals surface area contributed by atoms with Crippen LogP contribution in [-0.4, -0.2) is 23.0 Å². The highest BCUT2D eigenvalue weighted by Crippen LogP contribution is 2.31. The van der Waals surface area contributed by atoms with Crippen LogP contribution in [-0.2, 0) is 22.5 Å². The van der Waals surface area contributed by atoms with Crippen molar-refractivity contribution in [2.75, 3.05) is 4.72 Å². The van der Waals surface area contributed by atoms with Gasteiger partial charge in [-0.1, -0.05) is 26.8 Å². The minimum absolute atomic E-state index is 0.00332. The van der Waals surface area contributed by atoms with Gasteiger partial charge in [-0.3, -0.25) is 4.72 Å². The van der Waals surface area contributed by atoms with Gasteiger partial charge in [0, 0.05) is 35.3 Å². The second kappa shape index (κ2) is 5.13. The van der Waals surface area contributed by atoms with Gasteiger partial charge in [-0.05, 0) is 18.2 Å². The molecule has 0 aliphatic carbocycles. The lowest BCUT2D eigenvalue weighted by Crippen LogP contribution is -2.13. The van der Waals surface area contributed by atoms with Crippen molar-refractivity contribution >= 4 is 26.6 Å². The summed E-state index contributed by atoms with van der Waals surface area (Å²) in [6.07, 6.45) is 2.93. The van der Waals surface area contributed by atoms with Crippen molar-refractivity contribution in [3.8, 4) is 0 Å². The van der Waals surface area contributed by atoms with Crippen LogP contribution in [0.4, 0.5) is 5.69 Å². The van der Waals surface area contributed by atoms with Crippen molar-refractivity contribution in [1.82, 2.24) is 14.5 Å². The maximum Gasteiger partial charge on any atom is 0.280 e. The molecule has 2 aromatic heterocycles. The number of nitrogens with zero attached hydrogens (tertiary/aromatic N) is 2. The van der Waals surface area contributed by atoms with Crippen LogP contribution in [0.3, 0.4) is 0 Å². The third kappa shape index (κ3) is 2.96. The maximum atomic E-state index is 12.5. The molecule has 1 aromatic carbocycles. The molecule has 3 rings (SSSR count). The number of fused-ring (bicyclic) bond motifs is 1. The van der Waals surface area contributed by atoms with Crippen molar-refractivity contribution < 1.29 is 8.42 Å². The Morgan fingerprint density at radius 1 is 1.26 bits per heavy atom. The molecule has 0 fully saturated rings. The minimum atomic E-state index is -3.71. The fourth-order valence-corrected chi connectivity index (χ4v) is 3.44. The highest BCUT2D eigenvalue weighted by atomic mass is 32.2. The van der Waals surface area contributed by atoms with Crippen molar-refractivity contribution in [2.45, 2.75) is 31.2 Å². The summed E-state index contributed by atoms with van der Waals surface area (Å²) in [6, 6.07) is 7.50. The van der Waals surface area contributed by atoms with Gasteiger partial charge in [-0.2, -0.15) is 8.42 Å². The summed E-state index contributed by atoms with van der Waals surface area (Å²) in [5.74, 6) is 0. The molecule has 2 heterocycles. The lowest BCUT2D eigenvalue weighted by atomic mass is 9.92. The molecule has 0 atom stereocenters. The molecular weight excluding hydrogens is 312 g/mol. The minimum Gasteiger partial charge on any atom is -0.358 e. The Morgan fingerprint density at radius 3 is 2.61 bits per heavy atom. The Bertz CT molecular complexity index is 962. The van der Waals surface area contributed by atoms with Gasteiger partial charge in [0.15, 0.2) is 5.03 Å². The Labute approximate surface area is 135 Å². The first-order valence-corrected chi connectivity index (χ1v) is 8.78. The quantitative estimate of drug-likeness (QED) is 0.774. The van der Waals surface area contributed by atoms with E-state index in [0.29, 0.717) is 5.69 Å². The van der Waals surface area contributed by atoms with E-state index in [1.165, 1.54) is 12.5 Å². The molecule has 0 radical (unpaired) electrons. The Hall–Kier alpha value is -2.28. The third-order valence-electron chi connectivity index (χ3n) is 3.67. The highest BCUT2D eigenvalue weighted by Gasteiger charge is 2.21. The fourth-order valence-electron chi connectivity index (χ4n) is 2.37. The van der Waals surface area contributed by atoms with Crippen molar-refractivity contribution in [2.24, 2.45) is 7.05 Å². The largest absolute Gasteiger partial charge is 0.358 e. The molecule has 7 heteroatoms. The van der Waals surface area contributed by atoms with Gasteiger partial charge in [-0.25, -0.2) is 4.98 Å². The van der Waals surface area contributed by atoms with E-state index in [1.54, 1.807) is 17.7 Å². The number of benzene rings is 1. The van der Waals surface area contributed by atoms with E-state index >= 15 is 0 Å². The Kier molecular flexibility index (Phi) is 3.48. The topological polar surface area (TPSA) is 79.8 Å². The summed E-state index contributed by atoms with van der Waals surface area (Å²) >= 11 is 0. The molecule has 6 nitrogen and oxygen atoms in total. The first-order valence-electron chi connectivity index (χ1n) is 7.30. The van der Waals surface area contributed by atoms with Gasteiger partial charge in [0.05, 0.1) is 12.0 Å². The zero-order chi connectivity index (χ0) is 16.8. The lowest BCUT2D eigenvalue weighted by Gasteiger charge is -2.15. The maximum absolute atomic E-state index is 12.5. The summed E-state index contributed by atoms with van der Waals surface area (Å²) < 4.78 is 29.2. The molecule has 0 aliphatic rings. The number of hydrogen-bond acceptors (Lipinski definition) is 3. The molecule has 2 N–H and O–H groups in total. The second-order valence-electron chi connectivity index (χ2n) is 6.68. The standard InChI is InChI=1S/C16H20N4O2S/c1-16(2,3)14-8-11-12(18-14)6-5-7-13(11)19-23(21,22)15-9-20(4)10-17-15/h5-10,18-19H,1-4H3. The molecule has 0 saturated carbocycles. The Balaban J connectivity index is 2.05. The zero-order valence-corrected chi connectivity index (χ0v) is 14.4. The van der Waals surface area contributed by atoms with Crippen LogP contribution in [0.5, 0.6) is 0 Å². The smallest absolute Gasteiger partial charge is 0.280 e. The van der Waals surface area contributed by atoms with Crippen LogP contribution in [0.1, 0.15) is 26.5 Å². The highest BCUT2D eigenvalue weighted by molar-refractivity contribution is 7.92. The normalized spacial score (nSPS) is 12.7. The molecule has 122 valence electrons. The van der Waals surface area contributed by atoms with Gasteiger partial charge in [0.1, 0.15) is 0 Å². The second-order valence-corrected chi connectivity index (χ2v) is 8.31. The monoisotopic (exact) mass is 332 g/mol. The molecule has 0 saturated heterocycles. The zero-order valence-electron chi connectivity index (χ0n) is 13.6. The summed E-state index contributed by atoms with van der Waals surface area (Å²) in [6.45, 7) is 6.32. The van der Waals surface area contributed by atoms with E-state index in [2.05, 4.69) is 35.5 Å². The number of sulfonamides is 1. The number of imidazole rings is 1. The first kappa shape index (κ1) is 15.6. The summed E-state index contributed by atoms with van der Waals surface area (Å²) in [5.41, 5.74) is 2.45. The number of aromatic amines is 1. The molecule has 23 heavy (non-hydrogen) atoms. The SMILES string of the molecule is Cn1cnc(S(=O)(=O)Nc2cccc3[nH]c(C(C)(C)C)cc23)c1. The third-order valence-corrected chi connectivity index (χ3v) is 4.92. The average Bonchev–Trinajstić information content (AvgIpc) is 3.04. The number of hydrogen-bond donors (Lipinski definition) is 2. The number of H-pyrrole nitrogens is 1. The van der Waals surface area contributed by atoms with E-state index in [4.69, 9.17) is 0 Å². The summed E-state index contributed by atoms with van der Waals surface area (Å²) in [5, 5.41) is 0.848. The molecule has 0 spiro atoms. The van der Waals surface area contributed by atoms with Gasteiger partial charge in [-0.15, -0.1) is 0 Å².